The van der Waals surface area contributed by atoms with Crippen LogP contribution in [0.3, 0.4) is 0 Å². The predicted octanol–water partition coefficient (Wildman–Crippen LogP) is 2.93. The van der Waals surface area contributed by atoms with Crippen molar-refractivity contribution in [2.24, 2.45) is 5.92 Å². The van der Waals surface area contributed by atoms with Crippen LogP contribution >= 0.6 is 0 Å². The third kappa shape index (κ3) is 6.62. The molecule has 1 amide bonds. The Bertz CT molecular complexity index is 123. The second-order valence-corrected chi connectivity index (χ2v) is 2.86. The number of nitrogens with zero attached hydrogens (tertiary/aromatic N) is 1. The van der Waals surface area contributed by atoms with Crippen LogP contribution in [-0.4, -0.2) is 23.9 Å². The van der Waals surface area contributed by atoms with Crippen LogP contribution in [0.2, 0.25) is 0 Å². The van der Waals surface area contributed by atoms with E-state index in [1.807, 2.05) is 32.6 Å². The van der Waals surface area contributed by atoms with Crippen LogP contribution < -0.4 is 0 Å². The summed E-state index contributed by atoms with van der Waals surface area (Å²) >= 11 is 0. The molecule has 1 atom stereocenters. The summed E-state index contributed by atoms with van der Waals surface area (Å²) in [5.74, 6) is 0.938. The van der Waals surface area contributed by atoms with Crippen LogP contribution in [0.5, 0.6) is 0 Å². The fraction of sp³-hybridized carbons (Fsp3) is 0.909. The summed E-state index contributed by atoms with van der Waals surface area (Å²) in [4.78, 5) is 12.6. The van der Waals surface area contributed by atoms with Crippen molar-refractivity contribution < 1.29 is 4.79 Å². The van der Waals surface area contributed by atoms with Gasteiger partial charge in [-0.2, -0.15) is 0 Å². The first-order valence-electron chi connectivity index (χ1n) is 5.45. The molecule has 0 aromatic rings. The van der Waals surface area contributed by atoms with Gasteiger partial charge in [0, 0.05) is 20.0 Å². The zero-order valence-electron chi connectivity index (χ0n) is 10.1. The minimum atomic E-state index is 0.222. The van der Waals surface area contributed by atoms with Crippen molar-refractivity contribution in [2.75, 3.05) is 13.1 Å². The topological polar surface area (TPSA) is 20.3 Å². The molecule has 0 spiro atoms. The van der Waals surface area contributed by atoms with Crippen LogP contribution in [-0.2, 0) is 4.79 Å². The summed E-state index contributed by atoms with van der Waals surface area (Å²) in [6.45, 7) is 13.8. The Morgan fingerprint density at radius 2 is 1.69 bits per heavy atom. The molecular formula is C11H25NO. The maximum atomic E-state index is 10.7. The maximum absolute atomic E-state index is 10.7. The third-order valence-electron chi connectivity index (χ3n) is 1.87. The van der Waals surface area contributed by atoms with Gasteiger partial charge in [-0.05, 0) is 12.3 Å². The van der Waals surface area contributed by atoms with E-state index in [9.17, 15) is 4.79 Å². The molecule has 0 bridgehead atoms. The van der Waals surface area contributed by atoms with Gasteiger partial charge < -0.3 is 4.90 Å². The number of carbonyl (C=O) groups is 1. The van der Waals surface area contributed by atoms with Crippen molar-refractivity contribution in [3.05, 3.63) is 0 Å². The van der Waals surface area contributed by atoms with Gasteiger partial charge in [0.05, 0.1) is 0 Å². The van der Waals surface area contributed by atoms with Gasteiger partial charge in [-0.25, -0.2) is 0 Å². The van der Waals surface area contributed by atoms with Crippen molar-refractivity contribution in [3.63, 3.8) is 0 Å². The van der Waals surface area contributed by atoms with Gasteiger partial charge in [-0.1, -0.05) is 34.6 Å². The van der Waals surface area contributed by atoms with E-state index < -0.39 is 0 Å². The van der Waals surface area contributed by atoms with E-state index in [0.29, 0.717) is 5.92 Å². The lowest BCUT2D eigenvalue weighted by atomic mass is 10.2. The molecule has 2 heteroatoms. The molecule has 1 heterocycles. The molecule has 13 heavy (non-hydrogen) atoms. The standard InChI is InChI=1S/C7H13NO.2C2H6/c1-6-3-4-8(5-6)7(2)9;2*1-2/h6H,3-5H2,1-2H3;2*1-2H3. The summed E-state index contributed by atoms with van der Waals surface area (Å²) < 4.78 is 0. The molecule has 2 nitrogen and oxygen atoms in total. The van der Waals surface area contributed by atoms with Crippen LogP contribution in [0.1, 0.15) is 48.0 Å². The smallest absolute Gasteiger partial charge is 0.219 e. The number of likely N-dealkylation sites (tertiary alicyclic amines) is 1. The molecule has 1 aliphatic heterocycles. The summed E-state index contributed by atoms with van der Waals surface area (Å²) in [7, 11) is 0. The molecule has 0 aromatic heterocycles. The SMILES string of the molecule is CC.CC.CC(=O)N1CCC(C)C1. The van der Waals surface area contributed by atoms with E-state index in [0.717, 1.165) is 13.1 Å². The summed E-state index contributed by atoms with van der Waals surface area (Å²) in [5, 5.41) is 0. The lowest BCUT2D eigenvalue weighted by Gasteiger charge is -2.11. The van der Waals surface area contributed by atoms with E-state index in [-0.39, 0.29) is 5.91 Å². The van der Waals surface area contributed by atoms with Crippen LogP contribution in [0.15, 0.2) is 0 Å². The van der Waals surface area contributed by atoms with Crippen molar-refractivity contribution >= 4 is 5.91 Å². The highest BCUT2D eigenvalue weighted by atomic mass is 16.2. The monoisotopic (exact) mass is 187 g/mol. The molecule has 0 saturated carbocycles. The molecule has 1 saturated heterocycles. The summed E-state index contributed by atoms with van der Waals surface area (Å²) in [5.41, 5.74) is 0. The van der Waals surface area contributed by atoms with E-state index >= 15 is 0 Å². The van der Waals surface area contributed by atoms with Crippen molar-refractivity contribution in [2.45, 2.75) is 48.0 Å². The fourth-order valence-electron chi connectivity index (χ4n) is 1.22. The summed E-state index contributed by atoms with van der Waals surface area (Å²) in [6.07, 6.45) is 1.18. The summed E-state index contributed by atoms with van der Waals surface area (Å²) in [6, 6.07) is 0. The molecule has 1 rings (SSSR count). The fourth-order valence-corrected chi connectivity index (χ4v) is 1.22. The van der Waals surface area contributed by atoms with Gasteiger partial charge in [0.15, 0.2) is 0 Å². The van der Waals surface area contributed by atoms with Gasteiger partial charge in [-0.15, -0.1) is 0 Å². The highest BCUT2D eigenvalue weighted by Gasteiger charge is 2.19. The van der Waals surface area contributed by atoms with Gasteiger partial charge in [0.25, 0.3) is 0 Å². The van der Waals surface area contributed by atoms with Gasteiger partial charge in [-0.3, -0.25) is 4.79 Å². The van der Waals surface area contributed by atoms with Gasteiger partial charge in [0.1, 0.15) is 0 Å². The number of carbonyl (C=O) groups excluding carboxylic acids is 1. The average Bonchev–Trinajstić information content (AvgIpc) is 2.59. The number of hydrogen-bond donors (Lipinski definition) is 0. The Morgan fingerprint density at radius 3 is 1.85 bits per heavy atom. The Kier molecular flexibility index (Phi) is 11.0. The van der Waals surface area contributed by atoms with E-state index in [1.165, 1.54) is 6.42 Å². The zero-order valence-corrected chi connectivity index (χ0v) is 10.1. The number of hydrogen-bond acceptors (Lipinski definition) is 1. The van der Waals surface area contributed by atoms with Crippen molar-refractivity contribution in [1.29, 1.82) is 0 Å². The largest absolute Gasteiger partial charge is 0.343 e. The number of amides is 1. The van der Waals surface area contributed by atoms with E-state index in [1.54, 1.807) is 6.92 Å². The normalized spacial score (nSPS) is 19.5. The molecule has 0 aliphatic carbocycles. The zero-order chi connectivity index (χ0) is 10.9. The molecular weight excluding hydrogens is 162 g/mol. The Balaban J connectivity index is 0. The Labute approximate surface area is 83.3 Å². The quantitative estimate of drug-likeness (QED) is 0.571. The first-order chi connectivity index (χ1) is 6.20. The molecule has 0 aromatic carbocycles. The van der Waals surface area contributed by atoms with Crippen LogP contribution in [0, 0.1) is 5.92 Å². The second-order valence-electron chi connectivity index (χ2n) is 2.86. The molecule has 1 unspecified atom stereocenters. The minimum absolute atomic E-state index is 0.222. The molecule has 0 N–H and O–H groups in total. The lowest BCUT2D eigenvalue weighted by molar-refractivity contribution is -0.127. The molecule has 1 aliphatic rings. The first-order valence-corrected chi connectivity index (χ1v) is 5.45. The molecule has 0 radical (unpaired) electrons. The van der Waals surface area contributed by atoms with Gasteiger partial charge in [0.2, 0.25) is 5.91 Å². The van der Waals surface area contributed by atoms with E-state index in [4.69, 9.17) is 0 Å². The third-order valence-corrected chi connectivity index (χ3v) is 1.87. The lowest BCUT2D eigenvalue weighted by Crippen LogP contribution is -2.25. The van der Waals surface area contributed by atoms with E-state index in [2.05, 4.69) is 6.92 Å². The van der Waals surface area contributed by atoms with Crippen molar-refractivity contribution in [3.8, 4) is 0 Å². The first kappa shape index (κ1) is 15.0. The van der Waals surface area contributed by atoms with Crippen LogP contribution in [0.25, 0.3) is 0 Å². The predicted molar refractivity (Wildman–Crippen MR) is 58.7 cm³/mol. The Hall–Kier alpha value is -0.530. The van der Waals surface area contributed by atoms with Gasteiger partial charge >= 0.3 is 0 Å². The highest BCUT2D eigenvalue weighted by molar-refractivity contribution is 5.73. The second kappa shape index (κ2) is 9.56. The Morgan fingerprint density at radius 1 is 1.23 bits per heavy atom. The highest BCUT2D eigenvalue weighted by Crippen LogP contribution is 2.14. The molecule has 80 valence electrons. The average molecular weight is 187 g/mol. The maximum Gasteiger partial charge on any atom is 0.219 e. The minimum Gasteiger partial charge on any atom is -0.343 e. The van der Waals surface area contributed by atoms with Crippen LogP contribution in [0.4, 0.5) is 0 Å². The molecule has 1 fully saturated rings. The number of rotatable bonds is 0. The van der Waals surface area contributed by atoms with Crippen molar-refractivity contribution in [1.82, 2.24) is 4.90 Å².